The Morgan fingerprint density at radius 2 is 1.70 bits per heavy atom. The quantitative estimate of drug-likeness (QED) is 0.0960. The number of phenolic OH excluding ortho intramolecular Hbond substituents is 2. The number of amides is 2. The van der Waals surface area contributed by atoms with Crippen LogP contribution < -0.4 is 10.9 Å². The van der Waals surface area contributed by atoms with Crippen molar-refractivity contribution in [3.63, 3.8) is 0 Å². The third-order valence-corrected chi connectivity index (χ3v) is 14.3. The van der Waals surface area contributed by atoms with Gasteiger partial charge in [0, 0.05) is 60.9 Å². The molecular weight excluding hydrogens is 905 g/mol. The molecular formula is C54H60N8O9. The van der Waals surface area contributed by atoms with Crippen LogP contribution in [0.25, 0.3) is 39.4 Å². The van der Waals surface area contributed by atoms with Gasteiger partial charge in [0.05, 0.1) is 41.0 Å². The Labute approximate surface area is 411 Å². The third kappa shape index (κ3) is 8.80. The van der Waals surface area contributed by atoms with E-state index in [2.05, 4.69) is 33.4 Å². The summed E-state index contributed by atoms with van der Waals surface area (Å²) in [6, 6.07) is 18.5. The second kappa shape index (κ2) is 19.4. The molecule has 1 atom stereocenters. The zero-order valence-corrected chi connectivity index (χ0v) is 41.3. The number of cyclic esters (lactones) is 1. The average Bonchev–Trinajstić information content (AvgIpc) is 3.96. The van der Waals surface area contributed by atoms with Crippen molar-refractivity contribution in [3.05, 3.63) is 116 Å². The van der Waals surface area contributed by atoms with Gasteiger partial charge in [-0.2, -0.15) is 0 Å². The minimum atomic E-state index is -1.84. The number of carbonyl (C=O) groups excluding carboxylic acids is 4. The number of nitrogens with one attached hydrogen (secondary N) is 1. The van der Waals surface area contributed by atoms with Crippen LogP contribution in [-0.2, 0) is 55.6 Å². The van der Waals surface area contributed by atoms with E-state index in [1.807, 2.05) is 57.2 Å². The molecule has 3 aromatic carbocycles. The van der Waals surface area contributed by atoms with Crippen LogP contribution in [0.3, 0.4) is 0 Å². The number of fused-ring (bicyclic) bond motifs is 5. The van der Waals surface area contributed by atoms with Crippen molar-refractivity contribution in [2.45, 2.75) is 105 Å². The number of hydrogen-bond donors (Lipinski definition) is 3. The summed E-state index contributed by atoms with van der Waals surface area (Å²) in [7, 11) is 1.66. The van der Waals surface area contributed by atoms with Crippen LogP contribution >= 0.6 is 0 Å². The molecule has 370 valence electrons. The maximum absolute atomic E-state index is 14.2. The van der Waals surface area contributed by atoms with E-state index in [0.717, 1.165) is 39.6 Å². The highest BCUT2D eigenvalue weighted by Crippen LogP contribution is 2.43. The fraction of sp³-hybridized carbons (Fsp3) is 0.407. The number of phenols is 2. The number of hydrogen-bond acceptors (Lipinski definition) is 13. The van der Waals surface area contributed by atoms with Crippen molar-refractivity contribution in [2.24, 2.45) is 5.92 Å². The fourth-order valence-electron chi connectivity index (χ4n) is 10.4. The molecule has 3 aromatic heterocycles. The van der Waals surface area contributed by atoms with Crippen molar-refractivity contribution in [1.82, 2.24) is 39.4 Å². The van der Waals surface area contributed by atoms with Crippen molar-refractivity contribution < 1.29 is 38.9 Å². The molecule has 9 rings (SSSR count). The van der Waals surface area contributed by atoms with Gasteiger partial charge in [-0.15, -0.1) is 10.2 Å². The lowest BCUT2D eigenvalue weighted by molar-refractivity contribution is -0.189. The van der Waals surface area contributed by atoms with Crippen LogP contribution in [-0.4, -0.2) is 101 Å². The molecule has 0 saturated carbocycles. The van der Waals surface area contributed by atoms with Gasteiger partial charge in [0.1, 0.15) is 18.1 Å². The number of aromatic hydroxyl groups is 2. The van der Waals surface area contributed by atoms with Crippen LogP contribution in [0.5, 0.6) is 11.5 Å². The Morgan fingerprint density at radius 1 is 0.958 bits per heavy atom. The SMILES string of the molecule is CCNC(=O)c1nnc(-c2cc(C(C)C)c(O)cc2O)n1-c1ccc(CN2CCC(C(=O)N(C)CCC(=O)OC3(CC)C(=O)OCc4c3cc3n(c4=O)Cc4c-3nc3ccc(C)cc3c4CC)CC2)cc1. The lowest BCUT2D eigenvalue weighted by atomic mass is 9.85. The van der Waals surface area contributed by atoms with Gasteiger partial charge in [0.15, 0.2) is 5.82 Å². The lowest BCUT2D eigenvalue weighted by Gasteiger charge is -2.36. The molecule has 17 nitrogen and oxygen atoms in total. The van der Waals surface area contributed by atoms with Gasteiger partial charge >= 0.3 is 11.9 Å². The minimum Gasteiger partial charge on any atom is -0.508 e. The Morgan fingerprint density at radius 3 is 2.39 bits per heavy atom. The Hall–Kier alpha value is -7.40. The van der Waals surface area contributed by atoms with E-state index in [9.17, 15) is 34.2 Å². The van der Waals surface area contributed by atoms with Gasteiger partial charge in [0.25, 0.3) is 11.5 Å². The van der Waals surface area contributed by atoms with E-state index in [1.165, 1.54) is 6.07 Å². The fourth-order valence-corrected chi connectivity index (χ4v) is 10.4. The van der Waals surface area contributed by atoms with Crippen LogP contribution in [0, 0.1) is 12.8 Å². The average molecular weight is 965 g/mol. The van der Waals surface area contributed by atoms with Crippen molar-refractivity contribution in [3.8, 4) is 40.0 Å². The smallest absolute Gasteiger partial charge is 0.355 e. The van der Waals surface area contributed by atoms with Gasteiger partial charge in [-0.25, -0.2) is 9.78 Å². The number of piperidine rings is 1. The second-order valence-electron chi connectivity index (χ2n) is 19.2. The number of nitrogens with zero attached hydrogens (tertiary/aromatic N) is 7. The van der Waals surface area contributed by atoms with Crippen molar-refractivity contribution >= 4 is 34.7 Å². The number of esters is 2. The summed E-state index contributed by atoms with van der Waals surface area (Å²) in [5.74, 6) is -2.17. The summed E-state index contributed by atoms with van der Waals surface area (Å²) in [6.07, 6.45) is 1.85. The number of benzene rings is 3. The van der Waals surface area contributed by atoms with Crippen LogP contribution in [0.2, 0.25) is 0 Å². The first kappa shape index (κ1) is 48.6. The summed E-state index contributed by atoms with van der Waals surface area (Å²) >= 11 is 0. The number of aryl methyl sites for hydroxylation is 2. The Kier molecular flexibility index (Phi) is 13.3. The molecule has 3 aliphatic rings. The van der Waals surface area contributed by atoms with Gasteiger partial charge < -0.3 is 34.5 Å². The number of aromatic nitrogens is 5. The van der Waals surface area contributed by atoms with Gasteiger partial charge in [-0.05, 0) is 112 Å². The number of carbonyl (C=O) groups is 4. The molecule has 0 radical (unpaired) electrons. The van der Waals surface area contributed by atoms with Crippen LogP contribution in [0.15, 0.2) is 65.5 Å². The number of pyridine rings is 2. The van der Waals surface area contributed by atoms with Gasteiger partial charge in [0.2, 0.25) is 17.3 Å². The maximum Gasteiger partial charge on any atom is 0.355 e. The highest BCUT2D eigenvalue weighted by Gasteiger charge is 2.50. The molecule has 1 saturated heterocycles. The first-order valence-electron chi connectivity index (χ1n) is 24.5. The van der Waals surface area contributed by atoms with E-state index >= 15 is 0 Å². The predicted octanol–water partition coefficient (Wildman–Crippen LogP) is 6.79. The lowest BCUT2D eigenvalue weighted by Crippen LogP contribution is -2.48. The zero-order valence-electron chi connectivity index (χ0n) is 41.3. The molecule has 3 N–H and O–H groups in total. The summed E-state index contributed by atoms with van der Waals surface area (Å²) in [4.78, 5) is 77.3. The highest BCUT2D eigenvalue weighted by atomic mass is 16.6. The molecule has 1 unspecified atom stereocenters. The monoisotopic (exact) mass is 964 g/mol. The second-order valence-corrected chi connectivity index (χ2v) is 19.2. The third-order valence-electron chi connectivity index (χ3n) is 14.3. The molecule has 6 aromatic rings. The summed E-state index contributed by atoms with van der Waals surface area (Å²) in [5.41, 5.74) is 6.24. The van der Waals surface area contributed by atoms with E-state index in [-0.39, 0.29) is 78.0 Å². The largest absolute Gasteiger partial charge is 0.508 e. The topological polar surface area (TPSA) is 211 Å². The number of ether oxygens (including phenoxy) is 2. The number of likely N-dealkylation sites (tertiary alicyclic amines) is 1. The highest BCUT2D eigenvalue weighted by molar-refractivity contribution is 5.93. The Balaban J connectivity index is 0.836. The first-order valence-corrected chi connectivity index (χ1v) is 24.5. The summed E-state index contributed by atoms with van der Waals surface area (Å²) < 4.78 is 14.9. The van der Waals surface area contributed by atoms with Crippen LogP contribution in [0.1, 0.15) is 116 Å². The molecule has 17 heteroatoms. The van der Waals surface area contributed by atoms with Crippen molar-refractivity contribution in [1.29, 1.82) is 0 Å². The standard InChI is InChI=1S/C54H60N8O9/c1-8-35-37-23-31(6)11-16-42(37)56-47-39(35)28-61-43(47)25-41-40(52(61)68)29-70-53(69)54(41,9-2)71-46(65)19-20-59(7)51(67)33-17-21-60(22-18-33)27-32-12-14-34(15-13-32)62-48(57-58-49(62)50(66)55-10-3)38-24-36(30(4)5)44(63)26-45(38)64/h11-16,23-26,30,33,63-64H,8-10,17-22,27-29H2,1-7H3,(H,55,66). The molecule has 3 aliphatic heterocycles. The van der Waals surface area contributed by atoms with E-state index < -0.39 is 23.4 Å². The van der Waals surface area contributed by atoms with E-state index in [4.69, 9.17) is 14.5 Å². The van der Waals surface area contributed by atoms with E-state index in [0.29, 0.717) is 79.3 Å². The summed E-state index contributed by atoms with van der Waals surface area (Å²) in [6.45, 7) is 14.0. The van der Waals surface area contributed by atoms with E-state index in [1.54, 1.807) is 47.1 Å². The number of rotatable bonds is 14. The molecule has 0 bridgehead atoms. The minimum absolute atomic E-state index is 0.0373. The zero-order chi connectivity index (χ0) is 50.5. The Bertz CT molecular complexity index is 3170. The molecule has 1 fully saturated rings. The molecule has 2 amide bonds. The predicted molar refractivity (Wildman–Crippen MR) is 265 cm³/mol. The van der Waals surface area contributed by atoms with Gasteiger partial charge in [-0.3, -0.25) is 28.6 Å². The molecule has 0 aliphatic carbocycles. The normalized spacial score (nSPS) is 16.6. The first-order chi connectivity index (χ1) is 34.1. The van der Waals surface area contributed by atoms with Gasteiger partial charge in [-0.1, -0.05) is 51.5 Å². The molecule has 6 heterocycles. The van der Waals surface area contributed by atoms with Crippen LogP contribution in [0.4, 0.5) is 0 Å². The van der Waals surface area contributed by atoms with Crippen molar-refractivity contribution in [2.75, 3.05) is 33.2 Å². The molecule has 71 heavy (non-hydrogen) atoms. The summed E-state index contributed by atoms with van der Waals surface area (Å²) in [5, 5.41) is 33.8. The maximum atomic E-state index is 14.2. The molecule has 0 spiro atoms.